The van der Waals surface area contributed by atoms with E-state index in [2.05, 4.69) is 51.4 Å². The van der Waals surface area contributed by atoms with Crippen LogP contribution in [0.3, 0.4) is 0 Å². The highest BCUT2D eigenvalue weighted by molar-refractivity contribution is 6.06. The summed E-state index contributed by atoms with van der Waals surface area (Å²) in [4.78, 5) is 20.8. The second-order valence-electron chi connectivity index (χ2n) is 7.40. The van der Waals surface area contributed by atoms with Crippen LogP contribution in [0.15, 0.2) is 60.8 Å². The van der Waals surface area contributed by atoms with Crippen molar-refractivity contribution in [3.8, 4) is 0 Å². The van der Waals surface area contributed by atoms with E-state index in [1.165, 1.54) is 5.56 Å². The molecule has 3 aromatic rings. The Hall–Kier alpha value is -2.63. The topological polar surface area (TPSA) is 51.4 Å². The Morgan fingerprint density at radius 2 is 1.85 bits per heavy atom. The Bertz CT molecular complexity index is 905. The minimum absolute atomic E-state index is 0.00703. The van der Waals surface area contributed by atoms with Crippen molar-refractivity contribution >= 4 is 16.8 Å². The maximum atomic E-state index is 12.9. The van der Waals surface area contributed by atoms with E-state index in [1.54, 1.807) is 0 Å². The number of amides is 1. The van der Waals surface area contributed by atoms with Gasteiger partial charge in [0.05, 0.1) is 11.6 Å². The number of nitrogens with one attached hydrogen (secondary N) is 2. The van der Waals surface area contributed by atoms with E-state index >= 15 is 0 Å². The van der Waals surface area contributed by atoms with Crippen LogP contribution < -0.4 is 5.32 Å². The molecule has 2 aromatic carbocycles. The van der Waals surface area contributed by atoms with Gasteiger partial charge in [-0.3, -0.25) is 9.69 Å². The number of benzene rings is 2. The van der Waals surface area contributed by atoms with Crippen LogP contribution in [0, 0.1) is 0 Å². The predicted octanol–water partition coefficient (Wildman–Crippen LogP) is 2.71. The van der Waals surface area contributed by atoms with Gasteiger partial charge in [0.25, 0.3) is 5.91 Å². The highest BCUT2D eigenvalue weighted by atomic mass is 16.1. The Morgan fingerprint density at radius 3 is 2.70 bits per heavy atom. The van der Waals surface area contributed by atoms with Gasteiger partial charge in [-0.25, -0.2) is 0 Å². The van der Waals surface area contributed by atoms with E-state index in [4.69, 9.17) is 0 Å². The van der Waals surface area contributed by atoms with Gasteiger partial charge in [-0.15, -0.1) is 0 Å². The number of fused-ring (bicyclic) bond motifs is 1. The van der Waals surface area contributed by atoms with Gasteiger partial charge in [0, 0.05) is 49.8 Å². The van der Waals surface area contributed by atoms with Crippen molar-refractivity contribution in [1.82, 2.24) is 20.1 Å². The van der Waals surface area contributed by atoms with Gasteiger partial charge in [0.15, 0.2) is 0 Å². The van der Waals surface area contributed by atoms with E-state index in [0.717, 1.165) is 43.6 Å². The van der Waals surface area contributed by atoms with Gasteiger partial charge in [0.2, 0.25) is 0 Å². The largest absolute Gasteiger partial charge is 0.360 e. The molecule has 0 bridgehead atoms. The highest BCUT2D eigenvalue weighted by Gasteiger charge is 2.23. The van der Waals surface area contributed by atoms with Gasteiger partial charge in [-0.05, 0) is 18.7 Å². The van der Waals surface area contributed by atoms with Crippen LogP contribution in [0.2, 0.25) is 0 Å². The van der Waals surface area contributed by atoms with Crippen LogP contribution in [-0.2, 0) is 6.54 Å². The van der Waals surface area contributed by atoms with Crippen LogP contribution >= 0.6 is 0 Å². The molecule has 0 radical (unpaired) electrons. The number of carbonyl (C=O) groups is 1. The zero-order chi connectivity index (χ0) is 18.6. The van der Waals surface area contributed by atoms with Crippen LogP contribution in [0.1, 0.15) is 15.9 Å². The average Bonchev–Trinajstić information content (AvgIpc) is 3.03. The number of rotatable bonds is 4. The molecule has 27 heavy (non-hydrogen) atoms. The van der Waals surface area contributed by atoms with E-state index in [-0.39, 0.29) is 11.9 Å². The summed E-state index contributed by atoms with van der Waals surface area (Å²) in [6, 6.07) is 18.5. The van der Waals surface area contributed by atoms with Gasteiger partial charge in [0.1, 0.15) is 0 Å². The zero-order valence-electron chi connectivity index (χ0n) is 15.7. The fourth-order valence-electron chi connectivity index (χ4n) is 3.84. The molecule has 1 saturated heterocycles. The summed E-state index contributed by atoms with van der Waals surface area (Å²) >= 11 is 0. The van der Waals surface area contributed by atoms with E-state index in [1.807, 2.05) is 36.5 Å². The molecule has 1 aliphatic heterocycles. The normalized spacial score (nSPS) is 19.1. The second-order valence-corrected chi connectivity index (χ2v) is 7.40. The zero-order valence-corrected chi connectivity index (χ0v) is 15.7. The third-order valence-corrected chi connectivity index (χ3v) is 5.23. The number of hydrogen-bond donors (Lipinski definition) is 2. The molecule has 1 fully saturated rings. The highest BCUT2D eigenvalue weighted by Crippen LogP contribution is 2.18. The lowest BCUT2D eigenvalue weighted by Crippen LogP contribution is -2.46. The number of nitrogens with zero attached hydrogens (tertiary/aromatic N) is 2. The molecule has 2 N–H and O–H groups in total. The lowest BCUT2D eigenvalue weighted by molar-refractivity contribution is 0.0925. The van der Waals surface area contributed by atoms with Crippen molar-refractivity contribution in [2.24, 2.45) is 0 Å². The summed E-state index contributed by atoms with van der Waals surface area (Å²) in [5.41, 5.74) is 3.02. The maximum absolute atomic E-state index is 12.9. The molecule has 4 rings (SSSR count). The van der Waals surface area contributed by atoms with Crippen molar-refractivity contribution in [1.29, 1.82) is 0 Å². The molecular formula is C22H26N4O. The number of H-pyrrole nitrogens is 1. The SMILES string of the molecule is CN1CCN(Cc2ccccc2)CC(NC(=O)c2c[nH]c3ccccc23)C1. The van der Waals surface area contributed by atoms with Crippen molar-refractivity contribution in [3.63, 3.8) is 0 Å². The number of carbonyl (C=O) groups excluding carboxylic acids is 1. The molecule has 0 aliphatic carbocycles. The molecule has 1 aromatic heterocycles. The summed E-state index contributed by atoms with van der Waals surface area (Å²) in [6.07, 6.45) is 1.81. The van der Waals surface area contributed by atoms with Crippen LogP contribution in [-0.4, -0.2) is 60.0 Å². The molecular weight excluding hydrogens is 336 g/mol. The summed E-state index contributed by atoms with van der Waals surface area (Å²) in [5, 5.41) is 4.23. The molecule has 5 heteroatoms. The van der Waals surface area contributed by atoms with Gasteiger partial charge < -0.3 is 15.2 Å². The van der Waals surface area contributed by atoms with Crippen molar-refractivity contribution in [2.45, 2.75) is 12.6 Å². The molecule has 140 valence electrons. The summed E-state index contributed by atoms with van der Waals surface area (Å²) < 4.78 is 0. The molecule has 1 aliphatic rings. The summed E-state index contributed by atoms with van der Waals surface area (Å²) in [6.45, 7) is 4.64. The summed E-state index contributed by atoms with van der Waals surface area (Å²) in [7, 11) is 2.12. The second kappa shape index (κ2) is 7.94. The van der Waals surface area contributed by atoms with Crippen LogP contribution in [0.25, 0.3) is 10.9 Å². The van der Waals surface area contributed by atoms with E-state index in [9.17, 15) is 4.79 Å². The summed E-state index contributed by atoms with van der Waals surface area (Å²) in [5.74, 6) is -0.00703. The Kier molecular flexibility index (Phi) is 5.23. The van der Waals surface area contributed by atoms with Gasteiger partial charge in [-0.2, -0.15) is 0 Å². The smallest absolute Gasteiger partial charge is 0.253 e. The van der Waals surface area contributed by atoms with Crippen LogP contribution in [0.4, 0.5) is 0 Å². The van der Waals surface area contributed by atoms with Crippen LogP contribution in [0.5, 0.6) is 0 Å². The molecule has 2 heterocycles. The average molecular weight is 362 g/mol. The standard InChI is InChI=1S/C22H26N4O/c1-25-11-12-26(14-17-7-3-2-4-8-17)16-18(15-25)24-22(27)20-13-23-21-10-6-5-9-19(20)21/h2-10,13,18,23H,11-12,14-16H2,1H3,(H,24,27). The molecule has 0 spiro atoms. The van der Waals surface area contributed by atoms with E-state index < -0.39 is 0 Å². The van der Waals surface area contributed by atoms with Gasteiger partial charge in [-0.1, -0.05) is 48.5 Å². The first-order valence-electron chi connectivity index (χ1n) is 9.51. The monoisotopic (exact) mass is 362 g/mol. The molecule has 1 unspecified atom stereocenters. The molecule has 0 saturated carbocycles. The Balaban J connectivity index is 1.47. The van der Waals surface area contributed by atoms with Gasteiger partial charge >= 0.3 is 0 Å². The molecule has 1 atom stereocenters. The minimum Gasteiger partial charge on any atom is -0.360 e. The first-order valence-corrected chi connectivity index (χ1v) is 9.51. The van der Waals surface area contributed by atoms with Crippen molar-refractivity contribution in [3.05, 3.63) is 71.9 Å². The predicted molar refractivity (Wildman–Crippen MR) is 109 cm³/mol. The van der Waals surface area contributed by atoms with Crippen molar-refractivity contribution < 1.29 is 4.79 Å². The lowest BCUT2D eigenvalue weighted by Gasteiger charge is -2.24. The molecule has 1 amide bonds. The number of aromatic nitrogens is 1. The Morgan fingerprint density at radius 1 is 1.07 bits per heavy atom. The number of para-hydroxylation sites is 1. The molecule has 5 nitrogen and oxygen atoms in total. The third kappa shape index (κ3) is 4.21. The van der Waals surface area contributed by atoms with E-state index in [0.29, 0.717) is 5.56 Å². The number of aromatic amines is 1. The number of hydrogen-bond acceptors (Lipinski definition) is 3. The Labute approximate surface area is 160 Å². The third-order valence-electron chi connectivity index (χ3n) is 5.23. The maximum Gasteiger partial charge on any atom is 0.253 e. The first kappa shape index (κ1) is 17.8. The van der Waals surface area contributed by atoms with Crippen molar-refractivity contribution in [2.75, 3.05) is 33.2 Å². The fraction of sp³-hybridized carbons (Fsp3) is 0.318. The minimum atomic E-state index is -0.00703. The lowest BCUT2D eigenvalue weighted by atomic mass is 10.1. The first-order chi connectivity index (χ1) is 13.2. The number of likely N-dealkylation sites (N-methyl/N-ethyl adjacent to an activating group) is 1. The fourth-order valence-corrected chi connectivity index (χ4v) is 3.84. The quantitative estimate of drug-likeness (QED) is 0.750.